The molecule has 0 spiro atoms. The van der Waals surface area contributed by atoms with E-state index < -0.39 is 18.3 Å². The van der Waals surface area contributed by atoms with Crippen LogP contribution < -0.4 is 0 Å². The highest BCUT2D eigenvalue weighted by molar-refractivity contribution is 7.88. The van der Waals surface area contributed by atoms with Crippen molar-refractivity contribution in [3.63, 3.8) is 0 Å². The molecule has 1 aromatic carbocycles. The maximum absolute atomic E-state index is 12.5. The molecular formula is C23H35NO3SSi. The predicted molar refractivity (Wildman–Crippen MR) is 122 cm³/mol. The number of nitrogens with zero attached hydrogens (tertiary/aromatic N) is 1. The Morgan fingerprint density at radius 1 is 0.966 bits per heavy atom. The fraction of sp³-hybridized carbons (Fsp3) is 0.565. The maximum atomic E-state index is 12.5. The quantitative estimate of drug-likeness (QED) is 0.523. The molecule has 1 aliphatic carbocycles. The van der Waals surface area contributed by atoms with E-state index in [1.54, 1.807) is 6.20 Å². The Morgan fingerprint density at radius 2 is 1.52 bits per heavy atom. The average molecular weight is 434 g/mol. The topological polar surface area (TPSA) is 46.6 Å². The summed E-state index contributed by atoms with van der Waals surface area (Å²) in [6.07, 6.45) is 7.26. The lowest BCUT2D eigenvalue weighted by Gasteiger charge is -2.44. The van der Waals surface area contributed by atoms with Gasteiger partial charge in [0.15, 0.2) is 0 Å². The van der Waals surface area contributed by atoms with Gasteiger partial charge in [-0.1, -0.05) is 78.0 Å². The highest BCUT2D eigenvalue weighted by Crippen LogP contribution is 2.50. The van der Waals surface area contributed by atoms with Crippen molar-refractivity contribution in [2.75, 3.05) is 6.26 Å². The summed E-state index contributed by atoms with van der Waals surface area (Å²) in [4.78, 5) is 0. The van der Waals surface area contributed by atoms with Crippen molar-refractivity contribution in [2.24, 2.45) is 5.92 Å². The van der Waals surface area contributed by atoms with Gasteiger partial charge in [-0.25, -0.2) is 8.42 Å². The first kappa shape index (κ1) is 22.2. The van der Waals surface area contributed by atoms with Crippen molar-refractivity contribution in [1.29, 1.82) is 0 Å². The van der Waals surface area contributed by atoms with Crippen LogP contribution in [0.5, 0.6) is 0 Å². The predicted octanol–water partition coefficient (Wildman–Crippen LogP) is 5.63. The molecule has 0 unspecified atom stereocenters. The number of hydrogen-bond donors (Lipinski definition) is 0. The summed E-state index contributed by atoms with van der Waals surface area (Å²) in [6, 6.07) is 10.1. The first-order valence-corrected chi connectivity index (χ1v) is 14.6. The van der Waals surface area contributed by atoms with Crippen LogP contribution in [0.4, 0.5) is 0 Å². The van der Waals surface area contributed by atoms with Gasteiger partial charge in [-0.2, -0.15) is 0 Å². The second-order valence-corrected chi connectivity index (χ2v) is 16.6. The SMILES string of the molecule is CC(C)[Si](OC1=C[C@@H](c2ccccc2)[C@H]2C=CN(S(C)(=O)=O)[C@@H]12)(C(C)C)C(C)C. The van der Waals surface area contributed by atoms with E-state index in [0.717, 1.165) is 5.76 Å². The zero-order valence-electron chi connectivity index (χ0n) is 18.7. The third kappa shape index (κ3) is 3.81. The molecule has 1 heterocycles. The van der Waals surface area contributed by atoms with E-state index >= 15 is 0 Å². The minimum atomic E-state index is -3.37. The molecule has 1 aliphatic heterocycles. The van der Waals surface area contributed by atoms with Crippen LogP contribution in [0.3, 0.4) is 0 Å². The Balaban J connectivity index is 2.08. The van der Waals surface area contributed by atoms with E-state index in [1.807, 2.05) is 24.3 Å². The van der Waals surface area contributed by atoms with E-state index in [9.17, 15) is 8.42 Å². The summed E-state index contributed by atoms with van der Waals surface area (Å²) in [7, 11) is -5.56. The Morgan fingerprint density at radius 3 is 2.00 bits per heavy atom. The molecule has 3 rings (SSSR count). The molecule has 3 atom stereocenters. The molecule has 0 bridgehead atoms. The van der Waals surface area contributed by atoms with Crippen LogP contribution in [0.2, 0.25) is 16.6 Å². The molecule has 1 aromatic rings. The molecule has 2 aliphatic rings. The molecule has 0 amide bonds. The smallest absolute Gasteiger partial charge is 0.258 e. The summed E-state index contributed by atoms with van der Waals surface area (Å²) in [6.45, 7) is 13.6. The minimum absolute atomic E-state index is 0.0697. The Bertz CT molecular complexity index is 868. The van der Waals surface area contributed by atoms with Crippen molar-refractivity contribution in [1.82, 2.24) is 4.31 Å². The van der Waals surface area contributed by atoms with E-state index in [1.165, 1.54) is 16.1 Å². The summed E-state index contributed by atoms with van der Waals surface area (Å²) in [5.74, 6) is 1.04. The fourth-order valence-electron chi connectivity index (χ4n) is 5.53. The van der Waals surface area contributed by atoms with Crippen molar-refractivity contribution in [3.05, 3.63) is 60.0 Å². The third-order valence-electron chi connectivity index (χ3n) is 6.71. The molecule has 0 saturated heterocycles. The van der Waals surface area contributed by atoms with E-state index in [0.29, 0.717) is 16.6 Å². The highest BCUT2D eigenvalue weighted by Gasteiger charge is 2.52. The van der Waals surface area contributed by atoms with Crippen LogP contribution in [0.25, 0.3) is 0 Å². The molecule has 0 radical (unpaired) electrons. The van der Waals surface area contributed by atoms with Crippen LogP contribution in [0.1, 0.15) is 53.0 Å². The summed E-state index contributed by atoms with van der Waals surface area (Å²) >= 11 is 0. The van der Waals surface area contributed by atoms with Crippen molar-refractivity contribution in [3.8, 4) is 0 Å². The number of sulfonamides is 1. The number of benzene rings is 1. The number of allylic oxidation sites excluding steroid dienone is 1. The van der Waals surface area contributed by atoms with Crippen LogP contribution >= 0.6 is 0 Å². The number of hydrogen-bond acceptors (Lipinski definition) is 3. The van der Waals surface area contributed by atoms with Gasteiger partial charge in [-0.05, 0) is 28.3 Å². The van der Waals surface area contributed by atoms with Crippen LogP contribution in [-0.2, 0) is 14.4 Å². The van der Waals surface area contributed by atoms with Gasteiger partial charge in [0.1, 0.15) is 11.8 Å². The second-order valence-electron chi connectivity index (χ2n) is 9.38. The maximum Gasteiger partial charge on any atom is 0.258 e. The average Bonchev–Trinajstić information content (AvgIpc) is 3.19. The summed E-state index contributed by atoms with van der Waals surface area (Å²) in [5.41, 5.74) is 2.49. The zero-order chi connectivity index (χ0) is 21.6. The summed E-state index contributed by atoms with van der Waals surface area (Å²) < 4.78 is 33.6. The lowest BCUT2D eigenvalue weighted by Crippen LogP contribution is -2.49. The molecular weight excluding hydrogens is 398 g/mol. The Kier molecular flexibility index (Phi) is 6.07. The zero-order valence-corrected chi connectivity index (χ0v) is 20.5. The molecule has 6 heteroatoms. The standard InChI is InChI=1S/C23H35NO3SSi/c1-16(2)29(17(3)4,18(5)6)27-22-15-21(19-11-9-8-10-12-19)20-13-14-24(23(20)22)28(7,25)26/h8-18,20-21,23H,1-7H3/t20-,21+,23-/m1/s1. The molecule has 4 nitrogen and oxygen atoms in total. The van der Waals surface area contributed by atoms with Crippen molar-refractivity contribution < 1.29 is 12.8 Å². The monoisotopic (exact) mass is 433 g/mol. The van der Waals surface area contributed by atoms with Crippen LogP contribution in [0.15, 0.2) is 54.4 Å². The minimum Gasteiger partial charge on any atom is -0.544 e. The van der Waals surface area contributed by atoms with Gasteiger partial charge >= 0.3 is 0 Å². The van der Waals surface area contributed by atoms with E-state index in [-0.39, 0.29) is 17.9 Å². The lowest BCUT2D eigenvalue weighted by molar-refractivity contribution is 0.285. The van der Waals surface area contributed by atoms with Crippen LogP contribution in [-0.4, -0.2) is 33.3 Å². The fourth-order valence-corrected chi connectivity index (χ4v) is 11.8. The normalized spacial score (nSPS) is 24.6. The molecule has 29 heavy (non-hydrogen) atoms. The van der Waals surface area contributed by atoms with Gasteiger partial charge < -0.3 is 4.43 Å². The molecule has 0 aromatic heterocycles. The van der Waals surface area contributed by atoms with Crippen LogP contribution in [0, 0.1) is 5.92 Å². The highest BCUT2D eigenvalue weighted by atomic mass is 32.2. The van der Waals surface area contributed by atoms with Crippen molar-refractivity contribution >= 4 is 18.3 Å². The van der Waals surface area contributed by atoms with Gasteiger partial charge in [0.2, 0.25) is 10.0 Å². The largest absolute Gasteiger partial charge is 0.544 e. The third-order valence-corrected chi connectivity index (χ3v) is 13.8. The Labute approximate surface area is 177 Å². The molecule has 0 saturated carbocycles. The number of rotatable bonds is 7. The number of fused-ring (bicyclic) bond motifs is 1. The first-order chi connectivity index (χ1) is 13.5. The molecule has 0 N–H and O–H groups in total. The molecule has 0 fully saturated rings. The van der Waals surface area contributed by atoms with Gasteiger partial charge in [0.05, 0.1) is 6.26 Å². The van der Waals surface area contributed by atoms with E-state index in [4.69, 9.17) is 4.43 Å². The van der Waals surface area contributed by atoms with E-state index in [2.05, 4.69) is 59.8 Å². The van der Waals surface area contributed by atoms with Crippen molar-refractivity contribution in [2.45, 2.75) is 70.1 Å². The summed E-state index contributed by atoms with van der Waals surface area (Å²) in [5, 5.41) is 0. The first-order valence-electron chi connectivity index (χ1n) is 10.6. The van der Waals surface area contributed by atoms with Gasteiger partial charge in [0, 0.05) is 18.0 Å². The van der Waals surface area contributed by atoms with Gasteiger partial charge in [-0.3, -0.25) is 4.31 Å². The van der Waals surface area contributed by atoms with Gasteiger partial charge in [0.25, 0.3) is 8.32 Å². The van der Waals surface area contributed by atoms with Gasteiger partial charge in [-0.15, -0.1) is 0 Å². The molecule has 160 valence electrons. The Hall–Kier alpha value is -1.53. The lowest BCUT2D eigenvalue weighted by atomic mass is 9.88. The second kappa shape index (κ2) is 7.95.